The van der Waals surface area contributed by atoms with Crippen LogP contribution in [0.1, 0.15) is 95.9 Å². The van der Waals surface area contributed by atoms with Crippen LogP contribution in [0.25, 0.3) is 0 Å². The normalized spacial score (nSPS) is 24.3. The summed E-state index contributed by atoms with van der Waals surface area (Å²) < 4.78 is 6.66. The Morgan fingerprint density at radius 2 is 1.65 bits per heavy atom. The number of carbonyl (C=O) groups excluding carboxylic acids is 1. The lowest BCUT2D eigenvalue weighted by Gasteiger charge is -2.39. The van der Waals surface area contributed by atoms with E-state index in [9.17, 15) is 25.2 Å². The maximum Gasteiger partial charge on any atom is 0.220 e. The van der Waals surface area contributed by atoms with Crippen molar-refractivity contribution >= 4 is 5.91 Å². The molecular weight excluding hydrogens is 476 g/mol. The summed E-state index contributed by atoms with van der Waals surface area (Å²) in [6.07, 6.45) is 16.9. The fourth-order valence-electron chi connectivity index (χ4n) is 4.19. The van der Waals surface area contributed by atoms with Gasteiger partial charge in [0.2, 0.25) is 5.91 Å². The third kappa shape index (κ3) is 11.4. The maximum absolute atomic E-state index is 12.1. The summed E-state index contributed by atoms with van der Waals surface area (Å²) in [6.45, 7) is 1.88. The Morgan fingerprint density at radius 3 is 2.35 bits per heavy atom. The molecule has 1 aliphatic rings. The highest BCUT2D eigenvalue weighted by Crippen LogP contribution is 2.27. The van der Waals surface area contributed by atoms with E-state index in [0.717, 1.165) is 32.1 Å². The molecule has 5 N–H and O–H groups in total. The number of aliphatic hydroxyl groups excluding tert-OH is 4. The van der Waals surface area contributed by atoms with Crippen molar-refractivity contribution in [3.05, 3.63) is 36.2 Å². The quantitative estimate of drug-likeness (QED) is 0.146. The minimum absolute atomic E-state index is 0.0620. The number of unbranched alkanes of at least 4 members (excludes halogenated alkanes) is 8. The molecule has 0 radical (unpaired) electrons. The number of rotatable bonds is 18. The Labute approximate surface area is 220 Å². The number of allylic oxidation sites excluding steroid dienone is 4. The van der Waals surface area contributed by atoms with Crippen molar-refractivity contribution in [1.29, 1.82) is 0 Å². The first kappa shape index (κ1) is 31.1. The van der Waals surface area contributed by atoms with E-state index in [-0.39, 0.29) is 12.5 Å². The van der Waals surface area contributed by atoms with E-state index in [0.29, 0.717) is 12.1 Å². The largest absolute Gasteiger partial charge is 0.394 e. The van der Waals surface area contributed by atoms with Crippen LogP contribution in [0.3, 0.4) is 0 Å². The summed E-state index contributed by atoms with van der Waals surface area (Å²) in [5.74, 6) is -0.0620. The molecular formula is C27H46N4O6. The molecule has 1 aliphatic heterocycles. The van der Waals surface area contributed by atoms with Crippen LogP contribution in [0.15, 0.2) is 30.5 Å². The Hall–Kier alpha value is -2.11. The average Bonchev–Trinajstić information content (AvgIpc) is 3.37. The lowest BCUT2D eigenvalue weighted by molar-refractivity contribution is -0.254. The van der Waals surface area contributed by atoms with Crippen molar-refractivity contribution in [2.45, 2.75) is 121 Å². The van der Waals surface area contributed by atoms with Crippen LogP contribution in [0.5, 0.6) is 0 Å². The number of ether oxygens (including phenoxy) is 1. The van der Waals surface area contributed by atoms with Crippen molar-refractivity contribution < 1.29 is 30.0 Å². The monoisotopic (exact) mass is 522 g/mol. The number of carbonyl (C=O) groups is 1. The second-order valence-corrected chi connectivity index (χ2v) is 9.67. The fourth-order valence-corrected chi connectivity index (χ4v) is 4.19. The van der Waals surface area contributed by atoms with E-state index in [4.69, 9.17) is 4.74 Å². The number of hydrogen-bond donors (Lipinski definition) is 5. The highest BCUT2D eigenvalue weighted by atomic mass is 16.6. The molecule has 10 heteroatoms. The van der Waals surface area contributed by atoms with E-state index in [1.165, 1.54) is 49.4 Å². The maximum atomic E-state index is 12.1. The summed E-state index contributed by atoms with van der Waals surface area (Å²) in [7, 11) is 0. The number of hydrogen-bond acceptors (Lipinski definition) is 8. The molecule has 2 rings (SSSR count). The molecule has 1 saturated heterocycles. The number of nitrogens with one attached hydrogen (secondary N) is 1. The van der Waals surface area contributed by atoms with E-state index in [1.807, 2.05) is 0 Å². The molecule has 10 nitrogen and oxygen atoms in total. The highest BCUT2D eigenvalue weighted by molar-refractivity contribution is 5.75. The summed E-state index contributed by atoms with van der Waals surface area (Å²) in [4.78, 5) is 12.1. The highest BCUT2D eigenvalue weighted by Gasteiger charge is 2.44. The second-order valence-electron chi connectivity index (χ2n) is 9.67. The molecule has 0 aliphatic carbocycles. The molecule has 210 valence electrons. The summed E-state index contributed by atoms with van der Waals surface area (Å²) in [5, 5.41) is 50.0. The van der Waals surface area contributed by atoms with Gasteiger partial charge in [0.1, 0.15) is 30.1 Å². The minimum atomic E-state index is -1.49. The molecule has 0 aromatic carbocycles. The molecule has 5 atom stereocenters. The smallest absolute Gasteiger partial charge is 0.220 e. The number of amides is 1. The van der Waals surface area contributed by atoms with Gasteiger partial charge in [-0.15, -0.1) is 5.10 Å². The van der Waals surface area contributed by atoms with Crippen LogP contribution in [-0.4, -0.2) is 72.3 Å². The predicted molar refractivity (Wildman–Crippen MR) is 140 cm³/mol. The molecule has 1 aromatic heterocycles. The van der Waals surface area contributed by atoms with Crippen molar-refractivity contribution in [2.75, 3.05) is 6.61 Å². The Bertz CT molecular complexity index is 813. The van der Waals surface area contributed by atoms with Crippen LogP contribution in [-0.2, 0) is 16.1 Å². The average molecular weight is 523 g/mol. The fraction of sp³-hybridized carbons (Fsp3) is 0.741. The van der Waals surface area contributed by atoms with Gasteiger partial charge in [-0.3, -0.25) is 4.79 Å². The van der Waals surface area contributed by atoms with Gasteiger partial charge >= 0.3 is 0 Å². The summed E-state index contributed by atoms with van der Waals surface area (Å²) in [6, 6.07) is 0. The molecule has 0 bridgehead atoms. The van der Waals surface area contributed by atoms with Gasteiger partial charge in [-0.2, -0.15) is 0 Å². The van der Waals surface area contributed by atoms with E-state index < -0.39 is 37.3 Å². The lowest BCUT2D eigenvalue weighted by atomic mass is 9.98. The Kier molecular flexibility index (Phi) is 15.3. The number of aliphatic hydroxyl groups is 4. The molecule has 1 aromatic rings. The third-order valence-electron chi connectivity index (χ3n) is 6.51. The Morgan fingerprint density at radius 1 is 0.973 bits per heavy atom. The van der Waals surface area contributed by atoms with Crippen molar-refractivity contribution in [2.24, 2.45) is 0 Å². The van der Waals surface area contributed by atoms with Gasteiger partial charge in [0.15, 0.2) is 6.23 Å². The van der Waals surface area contributed by atoms with Crippen LogP contribution >= 0.6 is 0 Å². The number of nitrogens with zero attached hydrogens (tertiary/aromatic N) is 3. The van der Waals surface area contributed by atoms with Gasteiger partial charge in [0, 0.05) is 6.42 Å². The molecule has 0 spiro atoms. The van der Waals surface area contributed by atoms with Crippen LogP contribution in [0.4, 0.5) is 0 Å². The van der Waals surface area contributed by atoms with Crippen LogP contribution in [0, 0.1) is 0 Å². The first-order valence-corrected chi connectivity index (χ1v) is 13.8. The van der Waals surface area contributed by atoms with Crippen LogP contribution in [0.2, 0.25) is 0 Å². The molecule has 2 heterocycles. The molecule has 37 heavy (non-hydrogen) atoms. The van der Waals surface area contributed by atoms with Gasteiger partial charge in [-0.25, -0.2) is 4.68 Å². The zero-order valence-corrected chi connectivity index (χ0v) is 22.1. The van der Waals surface area contributed by atoms with Gasteiger partial charge in [0.05, 0.1) is 19.3 Å². The second kappa shape index (κ2) is 18.2. The topological polar surface area (TPSA) is 150 Å². The predicted octanol–water partition coefficient (Wildman–Crippen LogP) is 2.68. The standard InChI is InChI=1S/C27H46N4O6/c1-2-3-4-5-6-7-8-9-10-11-12-13-14-15-16-17-23(33)28-18-21-19-31(30-29-21)27-26(36)25(35)24(34)22(20-32)37-27/h6-7,9-10,19,22,24-27,32,34-36H,2-5,8,11-18,20H2,1H3,(H,28,33)/b7-6+,10-9+/t22-,24-,25+,26-,27-/m1/s1. The van der Waals surface area contributed by atoms with E-state index in [1.54, 1.807) is 0 Å². The van der Waals surface area contributed by atoms with Gasteiger partial charge in [-0.05, 0) is 38.5 Å². The Balaban J connectivity index is 1.53. The molecule has 0 unspecified atom stereocenters. The zero-order chi connectivity index (χ0) is 26.9. The van der Waals surface area contributed by atoms with Crippen LogP contribution < -0.4 is 5.32 Å². The number of aromatic nitrogens is 3. The minimum Gasteiger partial charge on any atom is -0.394 e. The molecule has 0 saturated carbocycles. The van der Waals surface area contributed by atoms with Crippen molar-refractivity contribution in [3.63, 3.8) is 0 Å². The summed E-state index contributed by atoms with van der Waals surface area (Å²) >= 11 is 0. The third-order valence-corrected chi connectivity index (χ3v) is 6.51. The zero-order valence-electron chi connectivity index (χ0n) is 22.1. The van der Waals surface area contributed by atoms with Crippen molar-refractivity contribution in [1.82, 2.24) is 20.3 Å². The van der Waals surface area contributed by atoms with Gasteiger partial charge < -0.3 is 30.5 Å². The summed E-state index contributed by atoms with van der Waals surface area (Å²) in [5.41, 5.74) is 0.463. The van der Waals surface area contributed by atoms with E-state index >= 15 is 0 Å². The lowest BCUT2D eigenvalue weighted by Crippen LogP contribution is -2.56. The SMILES string of the molecule is CCCCC/C=C/C/C=C/CCCCCCCC(=O)NCc1cn([C@@H]2O[C@H](CO)[C@@H](O)[C@H](O)[C@H]2O)nn1. The van der Waals surface area contributed by atoms with Gasteiger partial charge in [-0.1, -0.05) is 68.5 Å². The first-order chi connectivity index (χ1) is 18.0. The molecule has 1 fully saturated rings. The molecule has 1 amide bonds. The van der Waals surface area contributed by atoms with Gasteiger partial charge in [0.25, 0.3) is 0 Å². The first-order valence-electron chi connectivity index (χ1n) is 13.8. The van der Waals surface area contributed by atoms with E-state index in [2.05, 4.69) is 46.9 Å². The van der Waals surface area contributed by atoms with Crippen molar-refractivity contribution in [3.8, 4) is 0 Å².